The maximum absolute atomic E-state index is 12.2. The topological polar surface area (TPSA) is 78.5 Å². The number of carbonyl (C=O) groups is 1. The van der Waals surface area contributed by atoms with Crippen LogP contribution in [0.5, 0.6) is 0 Å². The van der Waals surface area contributed by atoms with Crippen molar-refractivity contribution in [2.24, 2.45) is 0 Å². The molecule has 0 saturated carbocycles. The van der Waals surface area contributed by atoms with E-state index in [9.17, 15) is 13.2 Å². The van der Waals surface area contributed by atoms with Gasteiger partial charge in [0, 0.05) is 37.4 Å². The first-order chi connectivity index (χ1) is 12.0. The van der Waals surface area contributed by atoms with Gasteiger partial charge in [0.25, 0.3) is 5.91 Å². The molecule has 1 aliphatic rings. The Morgan fingerprint density at radius 1 is 1.00 bits per heavy atom. The van der Waals surface area contributed by atoms with Crippen molar-refractivity contribution in [3.8, 4) is 0 Å². The van der Waals surface area contributed by atoms with E-state index >= 15 is 0 Å². The number of rotatable bonds is 5. The van der Waals surface area contributed by atoms with Gasteiger partial charge >= 0.3 is 0 Å². The normalized spacial score (nSPS) is 15.0. The fourth-order valence-electron chi connectivity index (χ4n) is 2.78. The van der Waals surface area contributed by atoms with Gasteiger partial charge in [-0.15, -0.1) is 0 Å². The Kier molecular flexibility index (Phi) is 5.35. The van der Waals surface area contributed by atoms with Crippen LogP contribution in [0.1, 0.15) is 15.9 Å². The Morgan fingerprint density at radius 2 is 1.64 bits per heavy atom. The molecule has 6 nitrogen and oxygen atoms in total. The zero-order valence-corrected chi connectivity index (χ0v) is 14.6. The Morgan fingerprint density at radius 3 is 2.28 bits per heavy atom. The van der Waals surface area contributed by atoms with Crippen molar-refractivity contribution in [3.63, 3.8) is 0 Å². The molecule has 0 aromatic heterocycles. The summed E-state index contributed by atoms with van der Waals surface area (Å²) in [5.41, 5.74) is 2.00. The van der Waals surface area contributed by atoms with Crippen LogP contribution in [0, 0.1) is 0 Å². The third kappa shape index (κ3) is 4.80. The van der Waals surface area contributed by atoms with Gasteiger partial charge in [-0.05, 0) is 29.8 Å². The second-order valence-corrected chi connectivity index (χ2v) is 7.68. The monoisotopic (exact) mass is 359 g/mol. The highest BCUT2D eigenvalue weighted by molar-refractivity contribution is 7.89. The van der Waals surface area contributed by atoms with E-state index in [1.807, 2.05) is 18.2 Å². The van der Waals surface area contributed by atoms with Crippen molar-refractivity contribution in [2.75, 3.05) is 31.1 Å². The minimum Gasteiger partial charge on any atom is -0.369 e. The molecule has 2 aromatic carbocycles. The molecule has 1 heterocycles. The molecular formula is C18H21N3O3S. The molecule has 0 atom stereocenters. The SMILES string of the molecule is O=C(NS(=O)(=O)Cc1ccccc1)c1ccc(N2CCNCC2)cc1. The van der Waals surface area contributed by atoms with Crippen LogP contribution >= 0.6 is 0 Å². The van der Waals surface area contributed by atoms with E-state index in [1.165, 1.54) is 0 Å². The number of nitrogens with one attached hydrogen (secondary N) is 2. The van der Waals surface area contributed by atoms with Gasteiger partial charge in [-0.1, -0.05) is 30.3 Å². The maximum Gasteiger partial charge on any atom is 0.264 e. The molecule has 1 fully saturated rings. The predicted octanol–water partition coefficient (Wildman–Crippen LogP) is 1.36. The van der Waals surface area contributed by atoms with Gasteiger partial charge in [0.2, 0.25) is 10.0 Å². The zero-order valence-electron chi connectivity index (χ0n) is 13.8. The number of piperazine rings is 1. The molecule has 1 saturated heterocycles. The predicted molar refractivity (Wildman–Crippen MR) is 98.1 cm³/mol. The summed E-state index contributed by atoms with van der Waals surface area (Å²) < 4.78 is 26.4. The average molecular weight is 359 g/mol. The first-order valence-electron chi connectivity index (χ1n) is 8.18. The molecule has 7 heteroatoms. The van der Waals surface area contributed by atoms with Gasteiger partial charge in [-0.3, -0.25) is 4.79 Å². The van der Waals surface area contributed by atoms with E-state index in [1.54, 1.807) is 36.4 Å². The summed E-state index contributed by atoms with van der Waals surface area (Å²) in [6.45, 7) is 3.69. The van der Waals surface area contributed by atoms with Crippen LogP contribution in [0.3, 0.4) is 0 Å². The Balaban J connectivity index is 1.64. The van der Waals surface area contributed by atoms with Gasteiger partial charge in [0.15, 0.2) is 0 Å². The highest BCUT2D eigenvalue weighted by atomic mass is 32.2. The summed E-state index contributed by atoms with van der Waals surface area (Å²) in [7, 11) is -3.73. The fraction of sp³-hybridized carbons (Fsp3) is 0.278. The average Bonchev–Trinajstić information content (AvgIpc) is 2.62. The minimum absolute atomic E-state index is 0.224. The van der Waals surface area contributed by atoms with Gasteiger partial charge in [0.05, 0.1) is 5.75 Å². The largest absolute Gasteiger partial charge is 0.369 e. The van der Waals surface area contributed by atoms with Crippen LogP contribution < -0.4 is 14.9 Å². The van der Waals surface area contributed by atoms with Crippen LogP contribution in [-0.2, 0) is 15.8 Å². The summed E-state index contributed by atoms with van der Waals surface area (Å²) >= 11 is 0. The molecule has 0 bridgehead atoms. The summed E-state index contributed by atoms with van der Waals surface area (Å²) in [4.78, 5) is 14.5. The molecule has 25 heavy (non-hydrogen) atoms. The number of sulfonamides is 1. The number of anilines is 1. The third-order valence-corrected chi connectivity index (χ3v) is 5.27. The van der Waals surface area contributed by atoms with E-state index in [0.717, 1.165) is 31.9 Å². The molecule has 1 amide bonds. The number of hydrogen-bond acceptors (Lipinski definition) is 5. The summed E-state index contributed by atoms with van der Waals surface area (Å²) in [5.74, 6) is -0.832. The Labute approximate surface area is 147 Å². The van der Waals surface area contributed by atoms with Gasteiger partial charge in [-0.2, -0.15) is 0 Å². The minimum atomic E-state index is -3.73. The lowest BCUT2D eigenvalue weighted by Gasteiger charge is -2.29. The van der Waals surface area contributed by atoms with E-state index in [0.29, 0.717) is 11.1 Å². The first kappa shape index (κ1) is 17.4. The van der Waals surface area contributed by atoms with Crippen LogP contribution in [0.25, 0.3) is 0 Å². The molecule has 0 aliphatic carbocycles. The second kappa shape index (κ2) is 7.67. The third-order valence-electron chi connectivity index (χ3n) is 4.06. The van der Waals surface area contributed by atoms with Crippen molar-refractivity contribution < 1.29 is 13.2 Å². The molecule has 2 N–H and O–H groups in total. The van der Waals surface area contributed by atoms with Crippen molar-refractivity contribution in [3.05, 3.63) is 65.7 Å². The highest BCUT2D eigenvalue weighted by Gasteiger charge is 2.17. The van der Waals surface area contributed by atoms with Crippen LogP contribution in [0.2, 0.25) is 0 Å². The number of hydrogen-bond donors (Lipinski definition) is 2. The highest BCUT2D eigenvalue weighted by Crippen LogP contribution is 2.16. The van der Waals surface area contributed by atoms with Gasteiger partial charge in [0.1, 0.15) is 0 Å². The molecule has 0 radical (unpaired) electrons. The molecule has 0 unspecified atom stereocenters. The summed E-state index contributed by atoms with van der Waals surface area (Å²) in [6, 6.07) is 15.8. The van der Waals surface area contributed by atoms with Crippen LogP contribution in [0.15, 0.2) is 54.6 Å². The molecule has 1 aliphatic heterocycles. The lowest BCUT2D eigenvalue weighted by molar-refractivity contribution is 0.0981. The zero-order chi connectivity index (χ0) is 17.7. The molecule has 3 rings (SSSR count). The van der Waals surface area contributed by atoms with Crippen LogP contribution in [0.4, 0.5) is 5.69 Å². The van der Waals surface area contributed by atoms with Crippen LogP contribution in [-0.4, -0.2) is 40.5 Å². The first-order valence-corrected chi connectivity index (χ1v) is 9.83. The quantitative estimate of drug-likeness (QED) is 0.843. The second-order valence-electron chi connectivity index (χ2n) is 5.96. The molecule has 2 aromatic rings. The summed E-state index contributed by atoms with van der Waals surface area (Å²) in [6.07, 6.45) is 0. The van der Waals surface area contributed by atoms with E-state index < -0.39 is 15.9 Å². The van der Waals surface area contributed by atoms with Crippen molar-refractivity contribution in [1.29, 1.82) is 0 Å². The van der Waals surface area contributed by atoms with E-state index in [2.05, 4.69) is 14.9 Å². The van der Waals surface area contributed by atoms with Crippen molar-refractivity contribution in [2.45, 2.75) is 5.75 Å². The van der Waals surface area contributed by atoms with E-state index in [4.69, 9.17) is 0 Å². The maximum atomic E-state index is 12.2. The standard InChI is InChI=1S/C18H21N3O3S/c22-18(20-25(23,24)14-15-4-2-1-3-5-15)16-6-8-17(9-7-16)21-12-10-19-11-13-21/h1-9,19H,10-14H2,(H,20,22). The summed E-state index contributed by atoms with van der Waals surface area (Å²) in [5, 5.41) is 3.29. The number of carbonyl (C=O) groups excluding carboxylic acids is 1. The Hall–Kier alpha value is -2.38. The van der Waals surface area contributed by atoms with Crippen molar-refractivity contribution >= 4 is 21.6 Å². The fourth-order valence-corrected chi connectivity index (χ4v) is 3.88. The number of benzene rings is 2. The smallest absolute Gasteiger partial charge is 0.264 e. The van der Waals surface area contributed by atoms with Crippen molar-refractivity contribution in [1.82, 2.24) is 10.0 Å². The molecule has 132 valence electrons. The molecule has 0 spiro atoms. The van der Waals surface area contributed by atoms with Gasteiger partial charge in [-0.25, -0.2) is 13.1 Å². The number of nitrogens with zero attached hydrogens (tertiary/aromatic N) is 1. The van der Waals surface area contributed by atoms with E-state index in [-0.39, 0.29) is 5.75 Å². The Bertz CT molecular complexity index is 814. The van der Waals surface area contributed by atoms with Gasteiger partial charge < -0.3 is 10.2 Å². The lowest BCUT2D eigenvalue weighted by atomic mass is 10.2. The number of amides is 1. The lowest BCUT2D eigenvalue weighted by Crippen LogP contribution is -2.43. The molecular weight excluding hydrogens is 338 g/mol.